The zero-order chi connectivity index (χ0) is 19.5. The molecule has 0 aromatic carbocycles. The van der Waals surface area contributed by atoms with Crippen LogP contribution in [-0.2, 0) is 9.53 Å². The average molecular weight is 392 g/mol. The average Bonchev–Trinajstić information content (AvgIpc) is 3.42. The summed E-state index contributed by atoms with van der Waals surface area (Å²) in [7, 11) is 0. The molecule has 1 amide bonds. The zero-order valence-corrected chi connectivity index (χ0v) is 15.9. The van der Waals surface area contributed by atoms with E-state index in [0.717, 1.165) is 41.1 Å². The van der Waals surface area contributed by atoms with Gasteiger partial charge >= 0.3 is 0 Å². The molecule has 10 nitrogen and oxygen atoms in total. The molecule has 3 aliphatic heterocycles. The predicted octanol–water partition coefficient (Wildman–Crippen LogP) is 1.81. The third kappa shape index (κ3) is 2.48. The number of carbonyl (C=O) groups excluding carboxylic acids is 1. The van der Waals surface area contributed by atoms with Crippen LogP contribution in [0, 0.1) is 12.8 Å². The summed E-state index contributed by atoms with van der Waals surface area (Å²) in [6, 6.07) is 1.95. The van der Waals surface area contributed by atoms with Crippen molar-refractivity contribution in [2.24, 2.45) is 5.92 Å². The molecule has 1 unspecified atom stereocenters. The highest BCUT2D eigenvalue weighted by Gasteiger charge is 2.47. The Morgan fingerprint density at radius 2 is 2.14 bits per heavy atom. The predicted molar refractivity (Wildman–Crippen MR) is 105 cm³/mol. The van der Waals surface area contributed by atoms with Crippen LogP contribution in [0.2, 0.25) is 0 Å². The van der Waals surface area contributed by atoms with E-state index in [1.54, 1.807) is 9.42 Å². The largest absolute Gasteiger partial charge is 0.381 e. The number of amides is 1. The Morgan fingerprint density at radius 1 is 1.28 bits per heavy atom. The van der Waals surface area contributed by atoms with Gasteiger partial charge in [-0.05, 0) is 37.3 Å². The fourth-order valence-electron chi connectivity index (χ4n) is 4.52. The van der Waals surface area contributed by atoms with Crippen LogP contribution in [0.25, 0.3) is 5.65 Å². The van der Waals surface area contributed by atoms with Crippen molar-refractivity contribution in [3.05, 3.63) is 29.8 Å². The fourth-order valence-corrected chi connectivity index (χ4v) is 4.52. The number of pyridine rings is 1. The number of aromatic nitrogens is 5. The molecule has 29 heavy (non-hydrogen) atoms. The normalized spacial score (nSPS) is 20.9. The third-order valence-electron chi connectivity index (χ3n) is 6.02. The standard InChI is InChI=1S/C19H20N8O2/c1-10-6-13-20-8-22-27(13)7-12(10)23-19-24-15-14(11-2-4-29-5-3-11)18(28)26-9-21-17(25-19)16(15)26/h6-8,11,14H,2-5,9H2,1H3,(H2,21,23,24,25). The molecule has 6 rings (SSSR count). The number of anilines is 4. The summed E-state index contributed by atoms with van der Waals surface area (Å²) in [4.78, 5) is 28.5. The van der Waals surface area contributed by atoms with Gasteiger partial charge in [0.25, 0.3) is 0 Å². The van der Waals surface area contributed by atoms with E-state index in [-0.39, 0.29) is 17.7 Å². The van der Waals surface area contributed by atoms with Crippen LogP contribution in [0.3, 0.4) is 0 Å². The smallest absolute Gasteiger partial charge is 0.238 e. The first-order valence-corrected chi connectivity index (χ1v) is 9.81. The minimum Gasteiger partial charge on any atom is -0.381 e. The number of hydrogen-bond acceptors (Lipinski definition) is 8. The molecule has 148 valence electrons. The summed E-state index contributed by atoms with van der Waals surface area (Å²) in [5, 5.41) is 10.7. The molecule has 0 saturated carbocycles. The van der Waals surface area contributed by atoms with Gasteiger partial charge in [0, 0.05) is 13.2 Å². The van der Waals surface area contributed by atoms with Crippen LogP contribution in [0.1, 0.15) is 30.0 Å². The maximum Gasteiger partial charge on any atom is 0.238 e. The summed E-state index contributed by atoms with van der Waals surface area (Å²) in [6.45, 7) is 3.84. The molecule has 3 aromatic rings. The number of carbonyl (C=O) groups is 1. The van der Waals surface area contributed by atoms with Crippen LogP contribution < -0.4 is 15.5 Å². The second-order valence-electron chi connectivity index (χ2n) is 7.72. The highest BCUT2D eigenvalue weighted by atomic mass is 16.5. The summed E-state index contributed by atoms with van der Waals surface area (Å²) in [5.74, 6) is 1.33. The highest BCUT2D eigenvalue weighted by molar-refractivity contribution is 6.09. The Hall–Kier alpha value is -3.27. The third-order valence-corrected chi connectivity index (χ3v) is 6.02. The van der Waals surface area contributed by atoms with Gasteiger partial charge in [-0.15, -0.1) is 0 Å². The van der Waals surface area contributed by atoms with Gasteiger partial charge in [0.05, 0.1) is 30.2 Å². The van der Waals surface area contributed by atoms with E-state index < -0.39 is 0 Å². The van der Waals surface area contributed by atoms with Gasteiger partial charge in [0.15, 0.2) is 11.5 Å². The molecule has 1 fully saturated rings. The fraction of sp³-hybridized carbons (Fsp3) is 0.421. The van der Waals surface area contributed by atoms with Gasteiger partial charge in [-0.3, -0.25) is 9.69 Å². The molecule has 0 bridgehead atoms. The monoisotopic (exact) mass is 392 g/mol. The van der Waals surface area contributed by atoms with Gasteiger partial charge in [-0.25, -0.2) is 14.5 Å². The molecule has 3 aromatic heterocycles. The maximum absolute atomic E-state index is 13.1. The summed E-state index contributed by atoms with van der Waals surface area (Å²) in [5.41, 5.74) is 4.29. The molecular weight excluding hydrogens is 372 g/mol. The van der Waals surface area contributed by atoms with Gasteiger partial charge < -0.3 is 15.4 Å². The first kappa shape index (κ1) is 16.7. The van der Waals surface area contributed by atoms with Crippen LogP contribution in [-0.4, -0.2) is 50.4 Å². The van der Waals surface area contributed by atoms with Crippen molar-refractivity contribution < 1.29 is 9.53 Å². The Kier molecular flexibility index (Phi) is 3.51. The lowest BCUT2D eigenvalue weighted by Gasteiger charge is -2.27. The summed E-state index contributed by atoms with van der Waals surface area (Å²) in [6.07, 6.45) is 5.14. The zero-order valence-electron chi connectivity index (χ0n) is 15.9. The van der Waals surface area contributed by atoms with Crippen molar-refractivity contribution in [3.63, 3.8) is 0 Å². The molecule has 10 heteroatoms. The van der Waals surface area contributed by atoms with Crippen LogP contribution in [0.5, 0.6) is 0 Å². The second-order valence-corrected chi connectivity index (χ2v) is 7.72. The van der Waals surface area contributed by atoms with E-state index in [9.17, 15) is 4.79 Å². The van der Waals surface area contributed by atoms with Crippen LogP contribution in [0.4, 0.5) is 23.1 Å². The first-order chi connectivity index (χ1) is 14.2. The molecule has 6 heterocycles. The SMILES string of the molecule is Cc1cc2ncnn2cc1Nc1nc2c3c(n1)C(C1CCOCC1)C(=O)N3CN2. The summed E-state index contributed by atoms with van der Waals surface area (Å²) < 4.78 is 7.20. The van der Waals surface area contributed by atoms with Gasteiger partial charge in [0.1, 0.15) is 12.0 Å². The van der Waals surface area contributed by atoms with Crippen molar-refractivity contribution >= 4 is 34.7 Å². The first-order valence-electron chi connectivity index (χ1n) is 9.81. The van der Waals surface area contributed by atoms with E-state index >= 15 is 0 Å². The topological polar surface area (TPSA) is 110 Å². The van der Waals surface area contributed by atoms with E-state index in [4.69, 9.17) is 9.72 Å². The van der Waals surface area contributed by atoms with E-state index in [1.165, 1.54) is 6.33 Å². The Labute approximate surface area is 166 Å². The molecule has 1 saturated heterocycles. The van der Waals surface area contributed by atoms with Gasteiger partial charge in [-0.2, -0.15) is 10.1 Å². The number of ether oxygens (including phenoxy) is 1. The lowest BCUT2D eigenvalue weighted by atomic mass is 9.84. The van der Waals surface area contributed by atoms with E-state index in [1.807, 2.05) is 19.2 Å². The Bertz CT molecular complexity index is 1140. The molecule has 3 aliphatic rings. The van der Waals surface area contributed by atoms with Crippen molar-refractivity contribution in [3.8, 4) is 0 Å². The summed E-state index contributed by atoms with van der Waals surface area (Å²) >= 11 is 0. The Morgan fingerprint density at radius 3 is 3.00 bits per heavy atom. The van der Waals surface area contributed by atoms with Crippen molar-refractivity contribution in [1.29, 1.82) is 0 Å². The number of aryl methyl sites for hydroxylation is 1. The lowest BCUT2D eigenvalue weighted by Crippen LogP contribution is -2.34. The number of nitrogens with zero attached hydrogens (tertiary/aromatic N) is 6. The minimum atomic E-state index is -0.225. The van der Waals surface area contributed by atoms with E-state index in [2.05, 4.69) is 25.7 Å². The van der Waals surface area contributed by atoms with Crippen molar-refractivity contribution in [2.75, 3.05) is 35.4 Å². The second kappa shape index (κ2) is 6.11. The quantitative estimate of drug-likeness (QED) is 0.695. The molecule has 0 radical (unpaired) electrons. The Balaban J connectivity index is 1.41. The number of rotatable bonds is 3. The minimum absolute atomic E-state index is 0.116. The maximum atomic E-state index is 13.1. The highest BCUT2D eigenvalue weighted by Crippen LogP contribution is 2.48. The molecule has 0 aliphatic carbocycles. The van der Waals surface area contributed by atoms with Crippen LogP contribution >= 0.6 is 0 Å². The lowest BCUT2D eigenvalue weighted by molar-refractivity contribution is -0.121. The molecule has 1 atom stereocenters. The van der Waals surface area contributed by atoms with E-state index in [0.29, 0.717) is 31.6 Å². The van der Waals surface area contributed by atoms with Gasteiger partial charge in [-0.1, -0.05) is 0 Å². The molecule has 0 spiro atoms. The molecular formula is C19H20N8O2. The number of fused-ring (bicyclic) bond motifs is 1. The van der Waals surface area contributed by atoms with Crippen molar-refractivity contribution in [1.82, 2.24) is 24.6 Å². The number of hydrogen-bond donors (Lipinski definition) is 2. The molecule has 2 N–H and O–H groups in total. The van der Waals surface area contributed by atoms with Crippen molar-refractivity contribution in [2.45, 2.75) is 25.7 Å². The van der Waals surface area contributed by atoms with Crippen LogP contribution in [0.15, 0.2) is 18.6 Å². The number of nitrogens with one attached hydrogen (secondary N) is 2. The van der Waals surface area contributed by atoms with Gasteiger partial charge in [0.2, 0.25) is 11.9 Å².